The van der Waals surface area contributed by atoms with Crippen LogP contribution in [0.3, 0.4) is 0 Å². The lowest BCUT2D eigenvalue weighted by Crippen LogP contribution is -2.15. The molecule has 0 aliphatic heterocycles. The smallest absolute Gasteiger partial charge is 0.263 e. The van der Waals surface area contributed by atoms with Crippen molar-refractivity contribution in [3.05, 3.63) is 53.1 Å². The van der Waals surface area contributed by atoms with E-state index in [2.05, 4.69) is 0 Å². The summed E-state index contributed by atoms with van der Waals surface area (Å²) in [6.07, 6.45) is 0.902. The molecule has 0 heterocycles. The van der Waals surface area contributed by atoms with Crippen LogP contribution in [0.25, 0.3) is 0 Å². The zero-order valence-electron chi connectivity index (χ0n) is 11.5. The average Bonchev–Trinajstić information content (AvgIpc) is 2.41. The fourth-order valence-electron chi connectivity index (χ4n) is 1.69. The van der Waals surface area contributed by atoms with Gasteiger partial charge in [0.1, 0.15) is 16.5 Å². The highest BCUT2D eigenvalue weighted by molar-refractivity contribution is 7.93. The lowest BCUT2D eigenvalue weighted by Gasteiger charge is -2.11. The Kier molecular flexibility index (Phi) is 4.65. The summed E-state index contributed by atoms with van der Waals surface area (Å²) in [6.45, 7) is 0. The summed E-state index contributed by atoms with van der Waals surface area (Å²) < 4.78 is 75.9. The Bertz CT molecular complexity index is 975. The van der Waals surface area contributed by atoms with Crippen LogP contribution in [0.2, 0.25) is 5.02 Å². The Balaban J connectivity index is 2.51. The van der Waals surface area contributed by atoms with Gasteiger partial charge in [-0.2, -0.15) is 0 Å². The Morgan fingerprint density at radius 3 is 2.22 bits per heavy atom. The van der Waals surface area contributed by atoms with Crippen LogP contribution in [-0.2, 0) is 19.9 Å². The van der Waals surface area contributed by atoms with E-state index in [9.17, 15) is 25.6 Å². The second-order valence-electron chi connectivity index (χ2n) is 4.59. The molecule has 10 heteroatoms. The number of sulfonamides is 1. The Morgan fingerprint density at radius 2 is 1.65 bits per heavy atom. The van der Waals surface area contributed by atoms with E-state index in [1.54, 1.807) is 0 Å². The number of anilines is 1. The molecule has 0 bridgehead atoms. The second kappa shape index (κ2) is 6.06. The average molecular weight is 382 g/mol. The number of sulfone groups is 1. The zero-order valence-corrected chi connectivity index (χ0v) is 13.9. The van der Waals surface area contributed by atoms with Crippen LogP contribution in [0, 0.1) is 11.6 Å². The summed E-state index contributed by atoms with van der Waals surface area (Å²) in [4.78, 5) is -0.798. The Hall–Kier alpha value is -1.71. The minimum Gasteiger partial charge on any atom is -0.277 e. The van der Waals surface area contributed by atoms with Crippen LogP contribution >= 0.6 is 11.6 Å². The van der Waals surface area contributed by atoms with E-state index in [4.69, 9.17) is 11.6 Å². The second-order valence-corrected chi connectivity index (χ2v) is 8.67. The van der Waals surface area contributed by atoms with E-state index in [1.165, 1.54) is 0 Å². The molecular weight excluding hydrogens is 372 g/mol. The number of hydrogen-bond donors (Lipinski definition) is 1. The topological polar surface area (TPSA) is 80.3 Å². The number of halogens is 3. The van der Waals surface area contributed by atoms with Gasteiger partial charge in [-0.1, -0.05) is 11.6 Å². The van der Waals surface area contributed by atoms with Gasteiger partial charge in [-0.3, -0.25) is 4.72 Å². The quantitative estimate of drug-likeness (QED) is 0.883. The van der Waals surface area contributed by atoms with Crippen molar-refractivity contribution in [3.8, 4) is 0 Å². The van der Waals surface area contributed by atoms with Gasteiger partial charge in [0.05, 0.1) is 15.6 Å². The maximum atomic E-state index is 13.6. The van der Waals surface area contributed by atoms with Crippen molar-refractivity contribution >= 4 is 37.1 Å². The summed E-state index contributed by atoms with van der Waals surface area (Å²) >= 11 is 5.79. The fourth-order valence-corrected chi connectivity index (χ4v) is 4.01. The molecule has 0 aliphatic rings. The molecule has 0 saturated heterocycles. The first-order chi connectivity index (χ1) is 10.5. The SMILES string of the molecule is CS(=O)(=O)c1ccc(Cl)c(S(=O)(=O)Nc2ccc(F)cc2F)c1. The van der Waals surface area contributed by atoms with Gasteiger partial charge in [0.25, 0.3) is 10.0 Å². The van der Waals surface area contributed by atoms with Crippen molar-refractivity contribution in [2.75, 3.05) is 11.0 Å². The van der Waals surface area contributed by atoms with Crippen LogP contribution in [0.1, 0.15) is 0 Å². The van der Waals surface area contributed by atoms with Crippen LogP contribution in [-0.4, -0.2) is 23.1 Å². The van der Waals surface area contributed by atoms with Crippen molar-refractivity contribution in [1.82, 2.24) is 0 Å². The molecule has 0 atom stereocenters. The molecule has 0 spiro atoms. The summed E-state index contributed by atoms with van der Waals surface area (Å²) in [6, 6.07) is 5.39. The number of nitrogens with one attached hydrogen (secondary N) is 1. The molecule has 124 valence electrons. The summed E-state index contributed by atoms with van der Waals surface area (Å²) in [5.74, 6) is -1.99. The predicted octanol–water partition coefficient (Wildman–Crippen LogP) is 2.82. The van der Waals surface area contributed by atoms with Crippen molar-refractivity contribution < 1.29 is 25.6 Å². The number of benzene rings is 2. The molecule has 5 nitrogen and oxygen atoms in total. The first kappa shape index (κ1) is 17.6. The van der Waals surface area contributed by atoms with E-state index in [-0.39, 0.29) is 9.92 Å². The molecule has 2 rings (SSSR count). The predicted molar refractivity (Wildman–Crippen MR) is 81.7 cm³/mol. The van der Waals surface area contributed by atoms with E-state index >= 15 is 0 Å². The van der Waals surface area contributed by atoms with Gasteiger partial charge in [0.15, 0.2) is 9.84 Å². The van der Waals surface area contributed by atoms with Crippen LogP contribution in [0.4, 0.5) is 14.5 Å². The maximum Gasteiger partial charge on any atom is 0.263 e. The third-order valence-electron chi connectivity index (χ3n) is 2.80. The largest absolute Gasteiger partial charge is 0.277 e. The van der Waals surface area contributed by atoms with Gasteiger partial charge in [0, 0.05) is 12.3 Å². The zero-order chi connectivity index (χ0) is 17.4. The van der Waals surface area contributed by atoms with Crippen LogP contribution in [0.15, 0.2) is 46.2 Å². The Morgan fingerprint density at radius 1 is 1.00 bits per heavy atom. The molecule has 2 aromatic carbocycles. The van der Waals surface area contributed by atoms with Gasteiger partial charge >= 0.3 is 0 Å². The standard InChI is InChI=1S/C13H10ClF2NO4S2/c1-22(18,19)9-3-4-10(14)13(7-9)23(20,21)17-12-5-2-8(15)6-11(12)16/h2-7,17H,1H3. The highest BCUT2D eigenvalue weighted by Crippen LogP contribution is 2.27. The van der Waals surface area contributed by atoms with E-state index < -0.39 is 42.1 Å². The normalized spacial score (nSPS) is 12.2. The molecule has 2 aromatic rings. The van der Waals surface area contributed by atoms with E-state index in [1.807, 2.05) is 4.72 Å². The molecule has 23 heavy (non-hydrogen) atoms. The minimum absolute atomic E-state index is 0.243. The number of hydrogen-bond acceptors (Lipinski definition) is 4. The van der Waals surface area contributed by atoms with Crippen LogP contribution < -0.4 is 4.72 Å². The van der Waals surface area contributed by atoms with Gasteiger partial charge < -0.3 is 0 Å². The van der Waals surface area contributed by atoms with Crippen molar-refractivity contribution in [2.45, 2.75) is 9.79 Å². The molecular formula is C13H10ClF2NO4S2. The number of rotatable bonds is 4. The molecule has 0 saturated carbocycles. The van der Waals surface area contributed by atoms with Crippen molar-refractivity contribution in [1.29, 1.82) is 0 Å². The van der Waals surface area contributed by atoms with Crippen molar-refractivity contribution in [3.63, 3.8) is 0 Å². The first-order valence-corrected chi connectivity index (χ1v) is 9.73. The van der Waals surface area contributed by atoms with Gasteiger partial charge in [-0.15, -0.1) is 0 Å². The highest BCUT2D eigenvalue weighted by Gasteiger charge is 2.22. The lowest BCUT2D eigenvalue weighted by atomic mass is 10.3. The molecule has 0 unspecified atom stereocenters. The molecule has 0 fully saturated rings. The van der Waals surface area contributed by atoms with E-state index in [0.29, 0.717) is 6.07 Å². The van der Waals surface area contributed by atoms with Crippen LogP contribution in [0.5, 0.6) is 0 Å². The van der Waals surface area contributed by atoms with Gasteiger partial charge in [-0.25, -0.2) is 25.6 Å². The first-order valence-electron chi connectivity index (χ1n) is 5.98. The third kappa shape index (κ3) is 3.98. The molecule has 0 aliphatic carbocycles. The maximum absolute atomic E-state index is 13.6. The molecule has 0 radical (unpaired) electrons. The lowest BCUT2D eigenvalue weighted by molar-refractivity contribution is 0.582. The molecule has 0 aromatic heterocycles. The summed E-state index contributed by atoms with van der Waals surface area (Å²) in [5.41, 5.74) is -0.493. The third-order valence-corrected chi connectivity index (χ3v) is 5.75. The summed E-state index contributed by atoms with van der Waals surface area (Å²) in [5, 5.41) is -0.243. The van der Waals surface area contributed by atoms with Crippen molar-refractivity contribution in [2.24, 2.45) is 0 Å². The molecule has 0 amide bonds. The monoisotopic (exact) mass is 381 g/mol. The Labute approximate surface area is 136 Å². The molecule has 1 N–H and O–H groups in total. The fraction of sp³-hybridized carbons (Fsp3) is 0.0769. The van der Waals surface area contributed by atoms with Gasteiger partial charge in [-0.05, 0) is 30.3 Å². The minimum atomic E-state index is -4.37. The van der Waals surface area contributed by atoms with E-state index in [0.717, 1.165) is 36.6 Å². The summed E-state index contributed by atoms with van der Waals surface area (Å²) in [7, 11) is -8.03. The highest BCUT2D eigenvalue weighted by atomic mass is 35.5. The van der Waals surface area contributed by atoms with Gasteiger partial charge in [0.2, 0.25) is 0 Å².